The minimum Gasteiger partial charge on any atom is -0.462 e. The summed E-state index contributed by atoms with van der Waals surface area (Å²) in [6, 6.07) is 9.07. The van der Waals surface area contributed by atoms with Gasteiger partial charge in [0.05, 0.1) is 13.2 Å². The minimum absolute atomic E-state index is 0.0927. The first-order chi connectivity index (χ1) is 10.6. The maximum absolute atomic E-state index is 11.7. The second-order valence-corrected chi connectivity index (χ2v) is 4.41. The van der Waals surface area contributed by atoms with Crippen molar-refractivity contribution in [3.63, 3.8) is 0 Å². The molecule has 0 saturated heterocycles. The van der Waals surface area contributed by atoms with Gasteiger partial charge in [0, 0.05) is 0 Å². The summed E-state index contributed by atoms with van der Waals surface area (Å²) in [6.45, 7) is 8.15. The van der Waals surface area contributed by atoms with Crippen molar-refractivity contribution >= 4 is 18.0 Å². The van der Waals surface area contributed by atoms with Gasteiger partial charge < -0.3 is 9.47 Å². The van der Waals surface area contributed by atoms with Crippen LogP contribution in [0.5, 0.6) is 0 Å². The lowest BCUT2D eigenvalue weighted by Crippen LogP contribution is -2.18. The molecule has 0 amide bonds. The smallest absolute Gasteiger partial charge is 0.345 e. The average Bonchev–Trinajstić information content (AvgIpc) is 2.54. The lowest BCUT2D eigenvalue weighted by molar-refractivity contribution is -0.146. The van der Waals surface area contributed by atoms with Gasteiger partial charge in [-0.15, -0.1) is 0 Å². The number of carbonyl (C=O) groups excluding carboxylic acids is 2. The van der Waals surface area contributed by atoms with Gasteiger partial charge in [-0.2, -0.15) is 0 Å². The molecule has 4 nitrogen and oxygen atoms in total. The number of rotatable bonds is 6. The molecule has 4 heteroatoms. The monoisotopic (exact) mass is 306 g/mol. The standard InChI is InChI=1S/C14H16O4.C4H10/c1-3-17-13(15)12(14(16)18-4-2)10-11-8-6-5-7-9-11;1-3-4-2/h5-10H,3-4H2,1-2H3;3-4H2,1-2H3. The molecule has 0 unspecified atom stereocenters. The Bertz CT molecular complexity index is 441. The highest BCUT2D eigenvalue weighted by Gasteiger charge is 2.20. The van der Waals surface area contributed by atoms with Crippen molar-refractivity contribution in [3.05, 3.63) is 41.5 Å². The number of unbranched alkanes of at least 4 members (excludes halogenated alkanes) is 1. The molecule has 1 aromatic carbocycles. The highest BCUT2D eigenvalue weighted by atomic mass is 16.6. The van der Waals surface area contributed by atoms with Crippen LogP contribution >= 0.6 is 0 Å². The van der Waals surface area contributed by atoms with E-state index < -0.39 is 11.9 Å². The Morgan fingerprint density at radius 3 is 1.68 bits per heavy atom. The van der Waals surface area contributed by atoms with Crippen LogP contribution in [0.1, 0.15) is 46.1 Å². The third kappa shape index (κ3) is 8.25. The zero-order valence-corrected chi connectivity index (χ0v) is 13.9. The lowest BCUT2D eigenvalue weighted by Gasteiger charge is -2.06. The fourth-order valence-electron chi connectivity index (χ4n) is 1.33. The summed E-state index contributed by atoms with van der Waals surface area (Å²) in [5.74, 6) is -1.33. The van der Waals surface area contributed by atoms with Gasteiger partial charge in [-0.1, -0.05) is 57.0 Å². The second-order valence-electron chi connectivity index (χ2n) is 4.41. The summed E-state index contributed by atoms with van der Waals surface area (Å²) in [5.41, 5.74) is 0.651. The van der Waals surface area contributed by atoms with Gasteiger partial charge in [-0.05, 0) is 25.5 Å². The summed E-state index contributed by atoms with van der Waals surface area (Å²) in [6.07, 6.45) is 4.11. The van der Waals surface area contributed by atoms with Gasteiger partial charge in [0.2, 0.25) is 0 Å². The normalized spacial score (nSPS) is 9.09. The predicted molar refractivity (Wildman–Crippen MR) is 88.3 cm³/mol. The van der Waals surface area contributed by atoms with E-state index in [0.29, 0.717) is 0 Å². The van der Waals surface area contributed by atoms with Gasteiger partial charge in [-0.3, -0.25) is 0 Å². The van der Waals surface area contributed by atoms with E-state index in [1.807, 2.05) is 18.2 Å². The molecule has 0 atom stereocenters. The Hall–Kier alpha value is -2.10. The van der Waals surface area contributed by atoms with Gasteiger partial charge in [0.15, 0.2) is 0 Å². The summed E-state index contributed by atoms with van der Waals surface area (Å²) >= 11 is 0. The molecule has 0 aromatic heterocycles. The lowest BCUT2D eigenvalue weighted by atomic mass is 10.1. The maximum atomic E-state index is 11.7. The Labute approximate surface area is 133 Å². The Morgan fingerprint density at radius 2 is 1.32 bits per heavy atom. The molecule has 0 aliphatic rings. The summed E-state index contributed by atoms with van der Waals surface area (Å²) in [7, 11) is 0. The van der Waals surface area contributed by atoms with E-state index in [-0.39, 0.29) is 18.8 Å². The highest BCUT2D eigenvalue weighted by molar-refractivity contribution is 6.17. The molecule has 0 N–H and O–H groups in total. The SMILES string of the molecule is CCCC.CCOC(=O)C(=Cc1ccccc1)C(=O)OCC. The topological polar surface area (TPSA) is 52.6 Å². The molecule has 1 aromatic rings. The van der Waals surface area contributed by atoms with Crippen LogP contribution in [0.3, 0.4) is 0 Å². The van der Waals surface area contributed by atoms with Crippen molar-refractivity contribution in [2.75, 3.05) is 13.2 Å². The number of hydrogen-bond acceptors (Lipinski definition) is 4. The molecule has 0 radical (unpaired) electrons. The largest absolute Gasteiger partial charge is 0.462 e. The highest BCUT2D eigenvalue weighted by Crippen LogP contribution is 2.10. The van der Waals surface area contributed by atoms with Crippen molar-refractivity contribution in [1.82, 2.24) is 0 Å². The van der Waals surface area contributed by atoms with Crippen LogP contribution in [0, 0.1) is 0 Å². The quantitative estimate of drug-likeness (QED) is 0.345. The number of carbonyl (C=O) groups is 2. The van der Waals surface area contributed by atoms with E-state index in [9.17, 15) is 9.59 Å². The molecule has 0 fully saturated rings. The van der Waals surface area contributed by atoms with E-state index in [4.69, 9.17) is 9.47 Å². The number of ether oxygens (including phenoxy) is 2. The number of benzene rings is 1. The van der Waals surface area contributed by atoms with Crippen molar-refractivity contribution in [2.24, 2.45) is 0 Å². The van der Waals surface area contributed by atoms with Gasteiger partial charge in [0.25, 0.3) is 0 Å². The molecule has 0 bridgehead atoms. The van der Waals surface area contributed by atoms with E-state index >= 15 is 0 Å². The molecule has 0 aliphatic carbocycles. The summed E-state index contributed by atoms with van der Waals surface area (Å²) in [5, 5.41) is 0. The fraction of sp³-hybridized carbons (Fsp3) is 0.444. The molecule has 0 spiro atoms. The molecule has 1 rings (SSSR count). The first-order valence-corrected chi connectivity index (χ1v) is 7.71. The Balaban J connectivity index is 0.000000980. The zero-order valence-electron chi connectivity index (χ0n) is 13.9. The molecule has 0 heterocycles. The summed E-state index contributed by atoms with van der Waals surface area (Å²) in [4.78, 5) is 23.3. The van der Waals surface area contributed by atoms with Crippen molar-refractivity contribution < 1.29 is 19.1 Å². The van der Waals surface area contributed by atoms with E-state index in [0.717, 1.165) is 5.56 Å². The Kier molecular flexibility index (Phi) is 11.4. The van der Waals surface area contributed by atoms with E-state index in [1.165, 1.54) is 18.9 Å². The van der Waals surface area contributed by atoms with Crippen LogP contribution in [-0.4, -0.2) is 25.2 Å². The maximum Gasteiger partial charge on any atom is 0.345 e. The van der Waals surface area contributed by atoms with Crippen LogP contribution in [0.4, 0.5) is 0 Å². The third-order valence-corrected chi connectivity index (χ3v) is 2.60. The second kappa shape index (κ2) is 12.6. The van der Waals surface area contributed by atoms with Crippen molar-refractivity contribution in [2.45, 2.75) is 40.5 Å². The van der Waals surface area contributed by atoms with Crippen LogP contribution in [-0.2, 0) is 19.1 Å². The fourth-order valence-corrected chi connectivity index (χ4v) is 1.33. The van der Waals surface area contributed by atoms with Crippen LogP contribution in [0.2, 0.25) is 0 Å². The first-order valence-electron chi connectivity index (χ1n) is 7.71. The van der Waals surface area contributed by atoms with E-state index in [1.54, 1.807) is 26.0 Å². The molecule has 22 heavy (non-hydrogen) atoms. The van der Waals surface area contributed by atoms with Crippen LogP contribution < -0.4 is 0 Å². The molecule has 0 aliphatic heterocycles. The predicted octanol–water partition coefficient (Wildman–Crippen LogP) is 4.00. The average molecular weight is 306 g/mol. The third-order valence-electron chi connectivity index (χ3n) is 2.60. The zero-order chi connectivity index (χ0) is 16.8. The van der Waals surface area contributed by atoms with Crippen molar-refractivity contribution in [3.8, 4) is 0 Å². The number of hydrogen-bond donors (Lipinski definition) is 0. The number of esters is 2. The van der Waals surface area contributed by atoms with Gasteiger partial charge in [-0.25, -0.2) is 9.59 Å². The molecular formula is C18H26O4. The van der Waals surface area contributed by atoms with Gasteiger partial charge in [0.1, 0.15) is 5.57 Å². The molecular weight excluding hydrogens is 280 g/mol. The Morgan fingerprint density at radius 1 is 0.864 bits per heavy atom. The molecule has 0 saturated carbocycles. The first kappa shape index (κ1) is 19.9. The van der Waals surface area contributed by atoms with Gasteiger partial charge >= 0.3 is 11.9 Å². The van der Waals surface area contributed by atoms with Crippen LogP contribution in [0.25, 0.3) is 6.08 Å². The summed E-state index contributed by atoms with van der Waals surface area (Å²) < 4.78 is 9.67. The van der Waals surface area contributed by atoms with Crippen LogP contribution in [0.15, 0.2) is 35.9 Å². The minimum atomic E-state index is -0.667. The molecule has 122 valence electrons. The van der Waals surface area contributed by atoms with E-state index in [2.05, 4.69) is 13.8 Å². The van der Waals surface area contributed by atoms with Crippen molar-refractivity contribution in [1.29, 1.82) is 0 Å².